The molecule has 0 radical (unpaired) electrons. The minimum atomic E-state index is 1.07. The summed E-state index contributed by atoms with van der Waals surface area (Å²) in [5, 5.41) is 7.79. The summed E-state index contributed by atoms with van der Waals surface area (Å²) in [6.07, 6.45) is 4.52. The third kappa shape index (κ3) is 3.27. The van der Waals surface area contributed by atoms with E-state index in [1.807, 2.05) is 18.3 Å². The molecular formula is C22H25N4+. The minimum absolute atomic E-state index is 1.07. The van der Waals surface area contributed by atoms with Gasteiger partial charge < -0.3 is 4.90 Å². The Morgan fingerprint density at radius 2 is 1.69 bits per heavy atom. The number of pyridine rings is 1. The molecule has 1 aromatic heterocycles. The van der Waals surface area contributed by atoms with Crippen molar-refractivity contribution in [3.63, 3.8) is 0 Å². The first-order valence-corrected chi connectivity index (χ1v) is 9.23. The van der Waals surface area contributed by atoms with E-state index in [-0.39, 0.29) is 0 Å². The number of benzene rings is 2. The number of hydrogen-bond acceptors (Lipinski definition) is 3. The third-order valence-electron chi connectivity index (χ3n) is 5.18. The fraction of sp³-hybridized carbons (Fsp3) is 0.273. The molecule has 0 N–H and O–H groups in total. The number of aryl methyl sites for hydroxylation is 1. The zero-order chi connectivity index (χ0) is 17.9. The number of para-hydroxylation sites is 1. The first-order chi connectivity index (χ1) is 12.7. The Kier molecular flexibility index (Phi) is 4.57. The largest absolute Gasteiger partial charge is 0.372 e. The van der Waals surface area contributed by atoms with Crippen LogP contribution in [0.15, 0.2) is 65.8 Å². The van der Waals surface area contributed by atoms with Crippen molar-refractivity contribution in [3.8, 4) is 0 Å². The van der Waals surface area contributed by atoms with Crippen LogP contribution in [0, 0.1) is 0 Å². The van der Waals surface area contributed by atoms with Gasteiger partial charge in [-0.05, 0) is 49.2 Å². The van der Waals surface area contributed by atoms with E-state index in [0.29, 0.717) is 0 Å². The number of nitrogens with zero attached hydrogens (tertiary/aromatic N) is 4. The molecule has 0 unspecified atom stereocenters. The SMILES string of the molecule is CN(/N=C/c1ccc2ccccc2[n+]1C)c1ccc(N2CCCC2)cc1. The van der Waals surface area contributed by atoms with Gasteiger partial charge >= 0.3 is 0 Å². The summed E-state index contributed by atoms with van der Waals surface area (Å²) in [5.41, 5.74) is 4.68. The molecule has 2 aromatic carbocycles. The molecule has 0 aliphatic carbocycles. The predicted molar refractivity (Wildman–Crippen MR) is 109 cm³/mol. The summed E-state index contributed by atoms with van der Waals surface area (Å²) in [5.74, 6) is 0. The fourth-order valence-electron chi connectivity index (χ4n) is 3.56. The molecule has 1 aliphatic rings. The molecule has 0 bridgehead atoms. The van der Waals surface area contributed by atoms with Crippen molar-refractivity contribution < 1.29 is 4.57 Å². The van der Waals surface area contributed by atoms with Crippen molar-refractivity contribution >= 4 is 28.5 Å². The second-order valence-electron chi connectivity index (χ2n) is 6.85. The maximum Gasteiger partial charge on any atom is 0.225 e. The van der Waals surface area contributed by atoms with Gasteiger partial charge in [0.1, 0.15) is 13.3 Å². The topological polar surface area (TPSA) is 22.7 Å². The van der Waals surface area contributed by atoms with Crippen molar-refractivity contribution in [2.24, 2.45) is 12.1 Å². The Bertz CT molecular complexity index is 925. The normalized spacial score (nSPS) is 14.5. The Morgan fingerprint density at radius 1 is 0.962 bits per heavy atom. The van der Waals surface area contributed by atoms with Crippen LogP contribution in [0.5, 0.6) is 0 Å². The fourth-order valence-corrected chi connectivity index (χ4v) is 3.56. The molecule has 0 spiro atoms. The van der Waals surface area contributed by atoms with Crippen LogP contribution in [0.1, 0.15) is 18.5 Å². The van der Waals surface area contributed by atoms with Crippen LogP contribution in [0.4, 0.5) is 11.4 Å². The molecule has 1 saturated heterocycles. The van der Waals surface area contributed by atoms with E-state index >= 15 is 0 Å². The molecular weight excluding hydrogens is 320 g/mol. The molecule has 2 heterocycles. The van der Waals surface area contributed by atoms with Gasteiger partial charge in [0.25, 0.3) is 0 Å². The van der Waals surface area contributed by atoms with E-state index in [1.165, 1.54) is 42.5 Å². The summed E-state index contributed by atoms with van der Waals surface area (Å²) in [7, 11) is 4.07. The molecule has 4 heteroatoms. The summed E-state index contributed by atoms with van der Waals surface area (Å²) >= 11 is 0. The number of hydrazone groups is 1. The molecule has 4 nitrogen and oxygen atoms in total. The van der Waals surface area contributed by atoms with E-state index in [1.54, 1.807) is 0 Å². The number of rotatable bonds is 4. The first kappa shape index (κ1) is 16.6. The summed E-state index contributed by atoms with van der Waals surface area (Å²) in [4.78, 5) is 2.45. The van der Waals surface area contributed by atoms with Gasteiger partial charge in [-0.1, -0.05) is 12.1 Å². The number of fused-ring (bicyclic) bond motifs is 1. The Hall–Kier alpha value is -2.88. The molecule has 0 amide bonds. The lowest BCUT2D eigenvalue weighted by molar-refractivity contribution is -0.645. The highest BCUT2D eigenvalue weighted by Crippen LogP contribution is 2.23. The van der Waals surface area contributed by atoms with E-state index < -0.39 is 0 Å². The van der Waals surface area contributed by atoms with Crippen molar-refractivity contribution in [2.45, 2.75) is 12.8 Å². The summed E-state index contributed by atoms with van der Waals surface area (Å²) in [6, 6.07) is 21.3. The van der Waals surface area contributed by atoms with Crippen LogP contribution in [0.3, 0.4) is 0 Å². The quantitative estimate of drug-likeness (QED) is 0.408. The van der Waals surface area contributed by atoms with Crippen molar-refractivity contribution in [1.82, 2.24) is 0 Å². The summed E-state index contributed by atoms with van der Waals surface area (Å²) in [6.45, 7) is 2.34. The number of anilines is 2. The zero-order valence-electron chi connectivity index (χ0n) is 15.5. The second kappa shape index (κ2) is 7.16. The van der Waals surface area contributed by atoms with E-state index in [9.17, 15) is 0 Å². The lowest BCUT2D eigenvalue weighted by Gasteiger charge is -2.19. The Morgan fingerprint density at radius 3 is 2.46 bits per heavy atom. The first-order valence-electron chi connectivity index (χ1n) is 9.23. The lowest BCUT2D eigenvalue weighted by Crippen LogP contribution is -2.34. The van der Waals surface area contributed by atoms with E-state index in [0.717, 1.165) is 11.4 Å². The van der Waals surface area contributed by atoms with Crippen molar-refractivity contribution in [2.75, 3.05) is 30.0 Å². The maximum absolute atomic E-state index is 4.63. The molecule has 0 atom stereocenters. The van der Waals surface area contributed by atoms with Crippen LogP contribution in [-0.2, 0) is 7.05 Å². The molecule has 132 valence electrons. The van der Waals surface area contributed by atoms with Gasteiger partial charge in [0.2, 0.25) is 11.2 Å². The molecule has 1 fully saturated rings. The number of aromatic nitrogens is 1. The van der Waals surface area contributed by atoms with Gasteiger partial charge in [0.05, 0.1) is 5.69 Å². The monoisotopic (exact) mass is 345 g/mol. The predicted octanol–water partition coefficient (Wildman–Crippen LogP) is 3.73. The van der Waals surface area contributed by atoms with Crippen LogP contribution in [0.25, 0.3) is 10.9 Å². The maximum atomic E-state index is 4.63. The van der Waals surface area contributed by atoms with Crippen LogP contribution in [-0.4, -0.2) is 26.4 Å². The van der Waals surface area contributed by atoms with Crippen LogP contribution < -0.4 is 14.5 Å². The smallest absolute Gasteiger partial charge is 0.225 e. The van der Waals surface area contributed by atoms with Crippen LogP contribution >= 0.6 is 0 Å². The van der Waals surface area contributed by atoms with E-state index in [4.69, 9.17) is 0 Å². The van der Waals surface area contributed by atoms with Crippen LogP contribution in [0.2, 0.25) is 0 Å². The van der Waals surface area contributed by atoms with Gasteiger partial charge in [-0.2, -0.15) is 9.67 Å². The standard InChI is InChI=1S/C22H25N4/c1-24-21(10-9-18-7-3-4-8-22(18)24)17-23-25(2)19-11-13-20(14-12-19)26-15-5-6-16-26/h3-4,7-14,17H,5-6,15-16H2,1-2H3/q+1. The van der Waals surface area contributed by atoms with Gasteiger partial charge in [0.15, 0.2) is 0 Å². The van der Waals surface area contributed by atoms with Crippen molar-refractivity contribution in [1.29, 1.82) is 0 Å². The van der Waals surface area contributed by atoms with Gasteiger partial charge in [0, 0.05) is 43.3 Å². The summed E-state index contributed by atoms with van der Waals surface area (Å²) < 4.78 is 2.17. The average Bonchev–Trinajstić information content (AvgIpc) is 3.22. The molecule has 1 aliphatic heterocycles. The van der Waals surface area contributed by atoms with Gasteiger partial charge in [-0.3, -0.25) is 5.01 Å². The highest BCUT2D eigenvalue weighted by atomic mass is 15.4. The van der Waals surface area contributed by atoms with E-state index in [2.05, 4.69) is 82.3 Å². The molecule has 26 heavy (non-hydrogen) atoms. The minimum Gasteiger partial charge on any atom is -0.372 e. The van der Waals surface area contributed by atoms with Gasteiger partial charge in [-0.25, -0.2) is 0 Å². The Labute approximate surface area is 155 Å². The van der Waals surface area contributed by atoms with Crippen molar-refractivity contribution in [3.05, 3.63) is 66.4 Å². The lowest BCUT2D eigenvalue weighted by atomic mass is 10.2. The third-order valence-corrected chi connectivity index (χ3v) is 5.18. The molecule has 0 saturated carbocycles. The molecule has 3 aromatic rings. The molecule has 4 rings (SSSR count). The average molecular weight is 345 g/mol. The van der Waals surface area contributed by atoms with Gasteiger partial charge in [-0.15, -0.1) is 0 Å². The number of hydrogen-bond donors (Lipinski definition) is 0. The second-order valence-corrected chi connectivity index (χ2v) is 6.85. The highest BCUT2D eigenvalue weighted by molar-refractivity contribution is 5.81. The zero-order valence-corrected chi connectivity index (χ0v) is 15.5. The highest BCUT2D eigenvalue weighted by Gasteiger charge is 2.12. The Balaban J connectivity index is 1.52.